The van der Waals surface area contributed by atoms with Gasteiger partial charge in [-0.15, -0.1) is 0 Å². The molecule has 72 valence electrons. The normalized spacial score (nSPS) is 11.8. The second kappa shape index (κ2) is 3.18. The molecule has 0 atom stereocenters. The molecule has 0 saturated carbocycles. The molecule has 0 aromatic carbocycles. The first-order valence-corrected chi connectivity index (χ1v) is 4.58. The minimum absolute atomic E-state index is 0.0253. The van der Waals surface area contributed by atoms with Gasteiger partial charge in [-0.05, 0) is 11.0 Å². The fourth-order valence-electron chi connectivity index (χ4n) is 1.17. The van der Waals surface area contributed by atoms with Crippen LogP contribution in [0.4, 0.5) is 0 Å². The van der Waals surface area contributed by atoms with Gasteiger partial charge in [0.25, 0.3) is 5.56 Å². The topological polar surface area (TPSA) is 22.0 Å². The quantitative estimate of drug-likeness (QED) is 0.588. The molecular formula is C10H14ClNO. The van der Waals surface area contributed by atoms with Crippen LogP contribution >= 0.6 is 11.6 Å². The molecule has 0 saturated heterocycles. The van der Waals surface area contributed by atoms with Crippen LogP contribution in [0.5, 0.6) is 0 Å². The molecule has 0 aliphatic carbocycles. The maximum absolute atomic E-state index is 11.2. The number of halogens is 1. The van der Waals surface area contributed by atoms with Crippen LogP contribution < -0.4 is 5.56 Å². The van der Waals surface area contributed by atoms with Crippen LogP contribution in [0.2, 0.25) is 5.15 Å². The van der Waals surface area contributed by atoms with Crippen molar-refractivity contribution in [3.8, 4) is 0 Å². The van der Waals surface area contributed by atoms with Crippen molar-refractivity contribution in [3.63, 3.8) is 0 Å². The van der Waals surface area contributed by atoms with E-state index in [4.69, 9.17) is 11.6 Å². The highest BCUT2D eigenvalue weighted by molar-refractivity contribution is 6.30. The standard InChI is InChI=1S/C10H14ClNO/c1-10(2,3)7-5-6-8(13)12(4)9(7)11/h5-6H,1-4H3. The Morgan fingerprint density at radius 3 is 2.31 bits per heavy atom. The van der Waals surface area contributed by atoms with Gasteiger partial charge < -0.3 is 4.57 Å². The van der Waals surface area contributed by atoms with E-state index in [1.807, 2.05) is 0 Å². The Morgan fingerprint density at radius 2 is 1.85 bits per heavy atom. The number of hydrogen-bond donors (Lipinski definition) is 0. The first-order chi connectivity index (χ1) is 5.84. The molecule has 13 heavy (non-hydrogen) atoms. The van der Waals surface area contributed by atoms with E-state index in [2.05, 4.69) is 20.8 Å². The highest BCUT2D eigenvalue weighted by Gasteiger charge is 2.18. The lowest BCUT2D eigenvalue weighted by Gasteiger charge is -2.21. The van der Waals surface area contributed by atoms with E-state index in [0.29, 0.717) is 5.15 Å². The van der Waals surface area contributed by atoms with E-state index in [9.17, 15) is 4.79 Å². The van der Waals surface area contributed by atoms with E-state index < -0.39 is 0 Å². The summed E-state index contributed by atoms with van der Waals surface area (Å²) in [5.41, 5.74) is 0.900. The van der Waals surface area contributed by atoms with Gasteiger partial charge in [-0.2, -0.15) is 0 Å². The monoisotopic (exact) mass is 199 g/mol. The maximum Gasteiger partial charge on any atom is 0.251 e. The minimum atomic E-state index is -0.0713. The van der Waals surface area contributed by atoms with E-state index in [-0.39, 0.29) is 11.0 Å². The average molecular weight is 200 g/mol. The predicted octanol–water partition coefficient (Wildman–Crippen LogP) is 2.34. The van der Waals surface area contributed by atoms with Crippen LogP contribution in [-0.4, -0.2) is 4.57 Å². The van der Waals surface area contributed by atoms with Crippen LogP contribution in [0.15, 0.2) is 16.9 Å². The molecule has 0 amide bonds. The van der Waals surface area contributed by atoms with E-state index in [0.717, 1.165) is 5.56 Å². The fraction of sp³-hybridized carbons (Fsp3) is 0.500. The lowest BCUT2D eigenvalue weighted by atomic mass is 9.88. The summed E-state index contributed by atoms with van der Waals surface area (Å²) >= 11 is 6.05. The number of nitrogens with zero attached hydrogens (tertiary/aromatic N) is 1. The highest BCUT2D eigenvalue weighted by atomic mass is 35.5. The summed E-state index contributed by atoms with van der Waals surface area (Å²) in [6.07, 6.45) is 0. The summed E-state index contributed by atoms with van der Waals surface area (Å²) in [5, 5.41) is 0.528. The van der Waals surface area contributed by atoms with Gasteiger partial charge in [-0.3, -0.25) is 4.79 Å². The third-order valence-electron chi connectivity index (χ3n) is 2.05. The molecule has 1 aromatic rings. The van der Waals surface area contributed by atoms with Crippen LogP contribution in [0.1, 0.15) is 26.3 Å². The van der Waals surface area contributed by atoms with Crippen molar-refractivity contribution >= 4 is 11.6 Å². The molecular weight excluding hydrogens is 186 g/mol. The number of hydrogen-bond acceptors (Lipinski definition) is 1. The van der Waals surface area contributed by atoms with Crippen LogP contribution in [-0.2, 0) is 12.5 Å². The summed E-state index contributed by atoms with van der Waals surface area (Å²) in [5.74, 6) is 0. The molecule has 3 heteroatoms. The number of pyridine rings is 1. The zero-order chi connectivity index (χ0) is 10.2. The molecule has 0 spiro atoms. The van der Waals surface area contributed by atoms with Crippen molar-refractivity contribution < 1.29 is 0 Å². The second-order valence-electron chi connectivity index (χ2n) is 4.19. The maximum atomic E-state index is 11.2. The average Bonchev–Trinajstić information content (AvgIpc) is 1.98. The third-order valence-corrected chi connectivity index (χ3v) is 2.51. The smallest absolute Gasteiger partial charge is 0.251 e. The Bertz CT molecular complexity index is 373. The molecule has 1 heterocycles. The SMILES string of the molecule is Cn1c(Cl)c(C(C)(C)C)ccc1=O. The van der Waals surface area contributed by atoms with Gasteiger partial charge in [0.15, 0.2) is 0 Å². The molecule has 0 aliphatic rings. The molecule has 1 aromatic heterocycles. The number of rotatable bonds is 0. The van der Waals surface area contributed by atoms with Gasteiger partial charge in [0.1, 0.15) is 5.15 Å². The molecule has 1 rings (SSSR count). The first-order valence-electron chi connectivity index (χ1n) is 4.20. The second-order valence-corrected chi connectivity index (χ2v) is 4.54. The zero-order valence-electron chi connectivity index (χ0n) is 8.39. The summed E-state index contributed by atoms with van der Waals surface area (Å²) in [6.45, 7) is 6.20. The van der Waals surface area contributed by atoms with Gasteiger partial charge in [0, 0.05) is 13.1 Å². The van der Waals surface area contributed by atoms with Gasteiger partial charge in [0.2, 0.25) is 0 Å². The van der Waals surface area contributed by atoms with E-state index in [1.54, 1.807) is 19.2 Å². The Kier molecular flexibility index (Phi) is 2.53. The Hall–Kier alpha value is -0.760. The van der Waals surface area contributed by atoms with Crippen molar-refractivity contribution in [2.24, 2.45) is 7.05 Å². The van der Waals surface area contributed by atoms with Gasteiger partial charge >= 0.3 is 0 Å². The lowest BCUT2D eigenvalue weighted by Crippen LogP contribution is -2.22. The van der Waals surface area contributed by atoms with Crippen molar-refractivity contribution in [2.75, 3.05) is 0 Å². The van der Waals surface area contributed by atoms with Crippen molar-refractivity contribution in [2.45, 2.75) is 26.2 Å². The van der Waals surface area contributed by atoms with Gasteiger partial charge in [-0.1, -0.05) is 38.4 Å². The van der Waals surface area contributed by atoms with E-state index >= 15 is 0 Å². The molecule has 2 nitrogen and oxygen atoms in total. The molecule has 0 bridgehead atoms. The van der Waals surface area contributed by atoms with Crippen LogP contribution in [0, 0.1) is 0 Å². The highest BCUT2D eigenvalue weighted by Crippen LogP contribution is 2.27. The Morgan fingerprint density at radius 1 is 1.31 bits per heavy atom. The molecule has 0 fully saturated rings. The zero-order valence-corrected chi connectivity index (χ0v) is 9.14. The lowest BCUT2D eigenvalue weighted by molar-refractivity contribution is 0.581. The fourth-order valence-corrected chi connectivity index (χ4v) is 1.60. The van der Waals surface area contributed by atoms with Gasteiger partial charge in [0.05, 0.1) is 0 Å². The van der Waals surface area contributed by atoms with Crippen molar-refractivity contribution in [1.29, 1.82) is 0 Å². The van der Waals surface area contributed by atoms with Crippen LogP contribution in [0.25, 0.3) is 0 Å². The molecule has 0 unspecified atom stereocenters. The summed E-state index contributed by atoms with van der Waals surface area (Å²) < 4.78 is 1.46. The molecule has 0 radical (unpaired) electrons. The summed E-state index contributed by atoms with van der Waals surface area (Å²) in [4.78, 5) is 11.2. The Balaban J connectivity index is 3.44. The summed E-state index contributed by atoms with van der Waals surface area (Å²) in [6, 6.07) is 3.34. The summed E-state index contributed by atoms with van der Waals surface area (Å²) in [7, 11) is 1.68. The third kappa shape index (κ3) is 1.94. The minimum Gasteiger partial charge on any atom is -0.302 e. The van der Waals surface area contributed by atoms with Crippen LogP contribution in [0.3, 0.4) is 0 Å². The van der Waals surface area contributed by atoms with Gasteiger partial charge in [-0.25, -0.2) is 0 Å². The predicted molar refractivity (Wildman–Crippen MR) is 55.4 cm³/mol. The molecule has 0 aliphatic heterocycles. The van der Waals surface area contributed by atoms with Crippen molar-refractivity contribution in [1.82, 2.24) is 4.57 Å². The number of aromatic nitrogens is 1. The first kappa shape index (κ1) is 10.3. The van der Waals surface area contributed by atoms with E-state index in [1.165, 1.54) is 4.57 Å². The molecule has 0 N–H and O–H groups in total. The van der Waals surface area contributed by atoms with Crippen molar-refractivity contribution in [3.05, 3.63) is 33.2 Å². The Labute approximate surface area is 83.2 Å². The largest absolute Gasteiger partial charge is 0.302 e.